The van der Waals surface area contributed by atoms with Crippen molar-refractivity contribution >= 4 is 23.4 Å². The molecule has 190 valence electrons. The molecule has 1 N–H and O–H groups in total. The van der Waals surface area contributed by atoms with Gasteiger partial charge in [-0.3, -0.25) is 4.98 Å². The normalized spacial score (nSPS) is 12.9. The lowest BCUT2D eigenvalue weighted by Gasteiger charge is -2.22. The third-order valence-corrected chi connectivity index (χ3v) is 5.27. The molecule has 4 aromatic rings. The number of nitrogens with one attached hydrogen (secondary N) is 1. The Morgan fingerprint density at radius 1 is 0.946 bits per heavy atom. The molecule has 7 nitrogen and oxygen atoms in total. The Bertz CT molecular complexity index is 1340. The molecule has 0 aliphatic carbocycles. The lowest BCUT2D eigenvalue weighted by Crippen LogP contribution is -2.27. The number of alkyl halides is 3. The Morgan fingerprint density at radius 3 is 2.32 bits per heavy atom. The fourth-order valence-corrected chi connectivity index (χ4v) is 3.46. The minimum absolute atomic E-state index is 0.185. The van der Waals surface area contributed by atoms with E-state index in [1.165, 1.54) is 42.7 Å². The number of thiocarbonyl (C=S) groups is 1. The summed E-state index contributed by atoms with van der Waals surface area (Å²) in [4.78, 5) is 8.07. The number of pyridine rings is 1. The van der Waals surface area contributed by atoms with Crippen LogP contribution in [-0.2, 0) is 4.74 Å². The highest BCUT2D eigenvalue weighted by molar-refractivity contribution is 7.79. The molecule has 0 radical (unpaired) electrons. The first-order chi connectivity index (χ1) is 17.7. The SMILES string of the molecule is C[C@@H](Nc1ncc(-c2cncc(C(OC(=S)Oc3ccccc3)C(F)(F)F)c2)nn1)c1ccc(F)cc1. The third-order valence-electron chi connectivity index (χ3n) is 5.09. The van der Waals surface area contributed by atoms with Crippen LogP contribution in [0.4, 0.5) is 23.5 Å². The average Bonchev–Trinajstić information content (AvgIpc) is 2.88. The van der Waals surface area contributed by atoms with Gasteiger partial charge in [0.05, 0.1) is 12.2 Å². The van der Waals surface area contributed by atoms with E-state index in [0.29, 0.717) is 0 Å². The van der Waals surface area contributed by atoms with Gasteiger partial charge in [0.2, 0.25) is 12.1 Å². The number of hydrogen-bond donors (Lipinski definition) is 1. The number of benzene rings is 2. The van der Waals surface area contributed by atoms with Crippen molar-refractivity contribution in [1.82, 2.24) is 20.2 Å². The number of hydrogen-bond acceptors (Lipinski definition) is 8. The molecule has 37 heavy (non-hydrogen) atoms. The van der Waals surface area contributed by atoms with Gasteiger partial charge >= 0.3 is 11.4 Å². The summed E-state index contributed by atoms with van der Waals surface area (Å²) in [6.45, 7) is 1.83. The van der Waals surface area contributed by atoms with Crippen LogP contribution in [0.15, 0.2) is 79.3 Å². The van der Waals surface area contributed by atoms with Gasteiger partial charge in [0.1, 0.15) is 17.3 Å². The molecule has 0 aliphatic heterocycles. The lowest BCUT2D eigenvalue weighted by atomic mass is 10.1. The molecule has 1 unspecified atom stereocenters. The van der Waals surface area contributed by atoms with Crippen LogP contribution in [0.5, 0.6) is 5.75 Å². The fourth-order valence-electron chi connectivity index (χ4n) is 3.27. The van der Waals surface area contributed by atoms with E-state index in [4.69, 9.17) is 21.7 Å². The first-order valence-corrected chi connectivity index (χ1v) is 11.3. The second-order valence-electron chi connectivity index (χ2n) is 7.80. The van der Waals surface area contributed by atoms with E-state index in [0.717, 1.165) is 11.8 Å². The number of nitrogens with zero attached hydrogens (tertiary/aromatic N) is 4. The summed E-state index contributed by atoms with van der Waals surface area (Å²) < 4.78 is 64.8. The Balaban J connectivity index is 1.49. The van der Waals surface area contributed by atoms with E-state index in [2.05, 4.69) is 25.5 Å². The molecule has 0 amide bonds. The Kier molecular flexibility index (Phi) is 7.87. The largest absolute Gasteiger partial charge is 0.439 e. The van der Waals surface area contributed by atoms with Crippen molar-refractivity contribution in [2.45, 2.75) is 25.2 Å². The number of anilines is 1. The average molecular weight is 530 g/mol. The second-order valence-corrected chi connectivity index (χ2v) is 8.13. The number of ether oxygens (including phenoxy) is 2. The van der Waals surface area contributed by atoms with Gasteiger partial charge in [0, 0.05) is 35.7 Å². The van der Waals surface area contributed by atoms with Crippen LogP contribution >= 0.6 is 12.2 Å². The Morgan fingerprint density at radius 2 is 1.68 bits per heavy atom. The topological polar surface area (TPSA) is 82.1 Å². The first-order valence-electron chi connectivity index (χ1n) is 10.9. The highest BCUT2D eigenvalue weighted by Crippen LogP contribution is 2.37. The van der Waals surface area contributed by atoms with Gasteiger partial charge in [-0.05, 0) is 42.8 Å². The molecule has 0 aliphatic rings. The first kappa shape index (κ1) is 25.9. The van der Waals surface area contributed by atoms with E-state index in [1.807, 2.05) is 6.92 Å². The molecular weight excluding hydrogens is 510 g/mol. The molecular formula is C25H19F4N5O2S. The van der Waals surface area contributed by atoms with Crippen molar-refractivity contribution in [3.05, 3.63) is 96.2 Å². The fraction of sp³-hybridized carbons (Fsp3) is 0.160. The van der Waals surface area contributed by atoms with E-state index in [1.54, 1.807) is 30.3 Å². The van der Waals surface area contributed by atoms with Gasteiger partial charge in [-0.15, -0.1) is 10.2 Å². The van der Waals surface area contributed by atoms with Crippen LogP contribution in [0.3, 0.4) is 0 Å². The predicted molar refractivity (Wildman–Crippen MR) is 131 cm³/mol. The summed E-state index contributed by atoms with van der Waals surface area (Å²) in [5.74, 6) is 0.0754. The number of aromatic nitrogens is 4. The number of rotatable bonds is 7. The van der Waals surface area contributed by atoms with Crippen molar-refractivity contribution < 1.29 is 27.0 Å². The van der Waals surface area contributed by atoms with Gasteiger partial charge in [0.15, 0.2) is 0 Å². The maximum absolute atomic E-state index is 13.8. The molecule has 0 bridgehead atoms. The predicted octanol–water partition coefficient (Wildman–Crippen LogP) is 6.23. The van der Waals surface area contributed by atoms with Gasteiger partial charge in [0.25, 0.3) is 0 Å². The zero-order valence-corrected chi connectivity index (χ0v) is 20.0. The second kappa shape index (κ2) is 11.2. The molecule has 0 saturated carbocycles. The summed E-state index contributed by atoms with van der Waals surface area (Å²) in [5, 5.41) is 10.4. The Labute approximate surface area is 214 Å². The molecule has 2 heterocycles. The van der Waals surface area contributed by atoms with Crippen LogP contribution in [0, 0.1) is 5.82 Å². The number of para-hydroxylation sites is 1. The third kappa shape index (κ3) is 6.94. The van der Waals surface area contributed by atoms with Gasteiger partial charge in [-0.1, -0.05) is 30.3 Å². The molecule has 12 heteroatoms. The lowest BCUT2D eigenvalue weighted by molar-refractivity contribution is -0.203. The molecule has 2 aromatic heterocycles. The van der Waals surface area contributed by atoms with Crippen molar-refractivity contribution in [2.24, 2.45) is 0 Å². The molecule has 0 saturated heterocycles. The van der Waals surface area contributed by atoms with Crippen molar-refractivity contribution in [2.75, 3.05) is 5.32 Å². The maximum Gasteiger partial charge on any atom is 0.429 e. The van der Waals surface area contributed by atoms with E-state index in [9.17, 15) is 17.6 Å². The van der Waals surface area contributed by atoms with E-state index in [-0.39, 0.29) is 40.4 Å². The van der Waals surface area contributed by atoms with Crippen molar-refractivity contribution in [3.63, 3.8) is 0 Å². The van der Waals surface area contributed by atoms with E-state index < -0.39 is 17.5 Å². The molecule has 2 atom stereocenters. The smallest absolute Gasteiger partial charge is 0.429 e. The van der Waals surface area contributed by atoms with Crippen LogP contribution in [-0.4, -0.2) is 31.6 Å². The monoisotopic (exact) mass is 529 g/mol. The van der Waals surface area contributed by atoms with E-state index >= 15 is 0 Å². The van der Waals surface area contributed by atoms with Crippen LogP contribution in [0.2, 0.25) is 0 Å². The molecule has 4 rings (SSSR count). The standard InChI is InChI=1S/C25H19F4N5O2S/c1-15(16-7-9-19(26)10-8-16)32-23-31-14-21(33-34-23)17-11-18(13-30-12-17)22(25(27,28)29)36-24(37)35-20-5-3-2-4-6-20/h2-15,22H,1H3,(H,31,32,34)/t15-,22?/m1/s1. The van der Waals surface area contributed by atoms with Crippen LogP contribution < -0.4 is 10.1 Å². The zero-order chi connectivity index (χ0) is 26.4. The van der Waals surface area contributed by atoms with Crippen molar-refractivity contribution in [3.8, 4) is 17.0 Å². The molecule has 2 aromatic carbocycles. The minimum atomic E-state index is -4.81. The quantitative estimate of drug-likeness (QED) is 0.223. The minimum Gasteiger partial charge on any atom is -0.439 e. The summed E-state index contributed by atoms with van der Waals surface area (Å²) >= 11 is 4.88. The Hall–Kier alpha value is -4.19. The van der Waals surface area contributed by atoms with Gasteiger partial charge < -0.3 is 14.8 Å². The van der Waals surface area contributed by atoms with Gasteiger partial charge in [-0.25, -0.2) is 9.37 Å². The van der Waals surface area contributed by atoms with Crippen LogP contribution in [0.1, 0.15) is 30.2 Å². The molecule has 0 fully saturated rings. The van der Waals surface area contributed by atoms with Gasteiger partial charge in [-0.2, -0.15) is 13.2 Å². The summed E-state index contributed by atoms with van der Waals surface area (Å²) in [7, 11) is 0. The number of halogens is 4. The maximum atomic E-state index is 13.8. The van der Waals surface area contributed by atoms with Crippen molar-refractivity contribution in [1.29, 1.82) is 0 Å². The molecule has 0 spiro atoms. The summed E-state index contributed by atoms with van der Waals surface area (Å²) in [5.41, 5.74) is 0.929. The summed E-state index contributed by atoms with van der Waals surface area (Å²) in [6, 6.07) is 15.0. The van der Waals surface area contributed by atoms with Crippen LogP contribution in [0.25, 0.3) is 11.3 Å². The highest BCUT2D eigenvalue weighted by atomic mass is 32.1. The summed E-state index contributed by atoms with van der Waals surface area (Å²) in [6.07, 6.45) is -3.53. The zero-order valence-electron chi connectivity index (χ0n) is 19.2. The highest BCUT2D eigenvalue weighted by Gasteiger charge is 2.44.